The van der Waals surface area contributed by atoms with E-state index in [1.807, 2.05) is 0 Å². The first-order chi connectivity index (χ1) is 10.7. The second-order valence-corrected chi connectivity index (χ2v) is 6.78. The van der Waals surface area contributed by atoms with Gasteiger partial charge < -0.3 is 10.1 Å². The van der Waals surface area contributed by atoms with Crippen molar-refractivity contribution in [3.05, 3.63) is 29.8 Å². The van der Waals surface area contributed by atoms with Gasteiger partial charge in [0.05, 0.1) is 18.1 Å². The van der Waals surface area contributed by atoms with Crippen molar-refractivity contribution in [2.24, 2.45) is 0 Å². The number of carbonyl (C=O) groups is 1. The lowest BCUT2D eigenvalue weighted by Crippen LogP contribution is -2.40. The Balaban J connectivity index is 2.03. The Kier molecular flexibility index (Phi) is 5.27. The molecule has 0 spiro atoms. The number of nitrogens with zero attached hydrogens (tertiary/aromatic N) is 1. The van der Waals surface area contributed by atoms with Crippen LogP contribution in [0, 0.1) is 0 Å². The van der Waals surface area contributed by atoms with E-state index < -0.39 is 22.1 Å². The first kappa shape index (κ1) is 17.7. The largest absolute Gasteiger partial charge is 0.471 e. The van der Waals surface area contributed by atoms with E-state index in [1.165, 1.54) is 28.6 Å². The summed E-state index contributed by atoms with van der Waals surface area (Å²) in [6.07, 6.45) is -4.94. The SMILES string of the molecule is O=C(NCc1ccc(S(=O)(=O)N2CCOCC2)cc1)C(F)(F)F. The predicted octanol–water partition coefficient (Wildman–Crippen LogP) is 0.886. The molecule has 128 valence electrons. The number of morpholine rings is 1. The standard InChI is InChI=1S/C13H15F3N2O4S/c14-13(15,16)12(19)17-9-10-1-3-11(4-2-10)23(20,21)18-5-7-22-8-6-18/h1-4H,5-9H2,(H,17,19). The molecule has 0 radical (unpaired) electrons. The molecule has 1 heterocycles. The van der Waals surface area contributed by atoms with Gasteiger partial charge in [-0.05, 0) is 17.7 Å². The fourth-order valence-electron chi connectivity index (χ4n) is 2.00. The smallest absolute Gasteiger partial charge is 0.379 e. The fourth-order valence-corrected chi connectivity index (χ4v) is 3.41. The van der Waals surface area contributed by atoms with Gasteiger partial charge in [-0.15, -0.1) is 0 Å². The lowest BCUT2D eigenvalue weighted by atomic mass is 10.2. The zero-order valence-corrected chi connectivity index (χ0v) is 12.8. The van der Waals surface area contributed by atoms with Crippen LogP contribution in [-0.2, 0) is 26.1 Å². The number of hydrogen-bond donors (Lipinski definition) is 1. The molecule has 23 heavy (non-hydrogen) atoms. The van der Waals surface area contributed by atoms with E-state index >= 15 is 0 Å². The highest BCUT2D eigenvalue weighted by Gasteiger charge is 2.38. The maximum absolute atomic E-state index is 12.3. The number of amides is 1. The molecule has 0 bridgehead atoms. The van der Waals surface area contributed by atoms with Crippen molar-refractivity contribution in [1.82, 2.24) is 9.62 Å². The molecule has 1 aliphatic heterocycles. The van der Waals surface area contributed by atoms with Gasteiger partial charge in [0.25, 0.3) is 0 Å². The summed E-state index contributed by atoms with van der Waals surface area (Å²) in [5, 5.41) is 1.72. The number of rotatable bonds is 4. The van der Waals surface area contributed by atoms with Gasteiger partial charge in [0.15, 0.2) is 0 Å². The molecule has 1 aromatic carbocycles. The molecule has 2 rings (SSSR count). The maximum Gasteiger partial charge on any atom is 0.471 e. The van der Waals surface area contributed by atoms with E-state index in [9.17, 15) is 26.4 Å². The van der Waals surface area contributed by atoms with Crippen LogP contribution in [0.4, 0.5) is 13.2 Å². The van der Waals surface area contributed by atoms with Gasteiger partial charge in [0, 0.05) is 19.6 Å². The van der Waals surface area contributed by atoms with Gasteiger partial charge in [-0.3, -0.25) is 4.79 Å². The van der Waals surface area contributed by atoms with Crippen molar-refractivity contribution in [2.75, 3.05) is 26.3 Å². The number of ether oxygens (including phenoxy) is 1. The molecule has 0 unspecified atom stereocenters. The molecule has 1 aliphatic rings. The van der Waals surface area contributed by atoms with Crippen LogP contribution in [0.25, 0.3) is 0 Å². The van der Waals surface area contributed by atoms with Gasteiger partial charge in [0.2, 0.25) is 10.0 Å². The first-order valence-electron chi connectivity index (χ1n) is 6.73. The Morgan fingerprint density at radius 2 is 1.74 bits per heavy atom. The van der Waals surface area contributed by atoms with Crippen molar-refractivity contribution < 1.29 is 31.1 Å². The molecule has 0 aromatic heterocycles. The number of alkyl halides is 3. The average molecular weight is 352 g/mol. The number of halogens is 3. The Bertz CT molecular complexity index is 653. The molecule has 1 N–H and O–H groups in total. The molecule has 6 nitrogen and oxygen atoms in total. The highest BCUT2D eigenvalue weighted by atomic mass is 32.2. The second kappa shape index (κ2) is 6.85. The number of sulfonamides is 1. The van der Waals surface area contributed by atoms with Crippen molar-refractivity contribution in [1.29, 1.82) is 0 Å². The normalized spacial score (nSPS) is 17.0. The summed E-state index contributed by atoms with van der Waals surface area (Å²) in [5.41, 5.74) is 0.364. The highest BCUT2D eigenvalue weighted by Crippen LogP contribution is 2.18. The van der Waals surface area contributed by atoms with Crippen molar-refractivity contribution in [3.63, 3.8) is 0 Å². The summed E-state index contributed by atoms with van der Waals surface area (Å²) in [5.74, 6) is -2.04. The molecule has 1 aromatic rings. The first-order valence-corrected chi connectivity index (χ1v) is 8.17. The quantitative estimate of drug-likeness (QED) is 0.873. The molecule has 1 fully saturated rings. The second-order valence-electron chi connectivity index (χ2n) is 4.84. The molecule has 1 saturated heterocycles. The van der Waals surface area contributed by atoms with Crippen molar-refractivity contribution in [2.45, 2.75) is 17.6 Å². The van der Waals surface area contributed by atoms with Gasteiger partial charge in [-0.25, -0.2) is 8.42 Å². The van der Waals surface area contributed by atoms with Gasteiger partial charge in [-0.1, -0.05) is 12.1 Å². The van der Waals surface area contributed by atoms with Crippen LogP contribution >= 0.6 is 0 Å². The van der Waals surface area contributed by atoms with Crippen LogP contribution in [0.15, 0.2) is 29.2 Å². The van der Waals surface area contributed by atoms with Gasteiger partial charge in [0.1, 0.15) is 0 Å². The van der Waals surface area contributed by atoms with Gasteiger partial charge >= 0.3 is 12.1 Å². The van der Waals surface area contributed by atoms with Crippen LogP contribution in [0.2, 0.25) is 0 Å². The van der Waals surface area contributed by atoms with E-state index in [-0.39, 0.29) is 24.5 Å². The lowest BCUT2D eigenvalue weighted by molar-refractivity contribution is -0.173. The number of carbonyl (C=O) groups excluding carboxylic acids is 1. The highest BCUT2D eigenvalue weighted by molar-refractivity contribution is 7.89. The summed E-state index contributed by atoms with van der Waals surface area (Å²) in [6.45, 7) is 0.815. The van der Waals surface area contributed by atoms with Crippen LogP contribution < -0.4 is 5.32 Å². The Hall–Kier alpha value is -1.65. The van der Waals surface area contributed by atoms with Crippen LogP contribution in [0.3, 0.4) is 0 Å². The topological polar surface area (TPSA) is 75.7 Å². The molecule has 0 aliphatic carbocycles. The summed E-state index contributed by atoms with van der Waals surface area (Å²) < 4.78 is 67.3. The molecular weight excluding hydrogens is 337 g/mol. The number of nitrogens with one attached hydrogen (secondary N) is 1. The van der Waals surface area contributed by atoms with Crippen LogP contribution in [0.5, 0.6) is 0 Å². The van der Waals surface area contributed by atoms with E-state index in [4.69, 9.17) is 4.74 Å². The van der Waals surface area contributed by atoms with E-state index in [1.54, 1.807) is 5.32 Å². The van der Waals surface area contributed by atoms with Gasteiger partial charge in [-0.2, -0.15) is 17.5 Å². The third-order valence-electron chi connectivity index (χ3n) is 3.24. The van der Waals surface area contributed by atoms with E-state index in [0.29, 0.717) is 18.8 Å². The maximum atomic E-state index is 12.3. The Morgan fingerprint density at radius 1 is 1.17 bits per heavy atom. The monoisotopic (exact) mass is 352 g/mol. The minimum Gasteiger partial charge on any atom is -0.379 e. The number of hydrogen-bond acceptors (Lipinski definition) is 4. The minimum absolute atomic E-state index is 0.0466. The molecule has 0 saturated carbocycles. The number of benzene rings is 1. The zero-order valence-electron chi connectivity index (χ0n) is 12.0. The molecule has 10 heteroatoms. The summed E-state index contributed by atoms with van der Waals surface area (Å²) in [6, 6.07) is 5.34. The fraction of sp³-hybridized carbons (Fsp3) is 0.462. The zero-order chi connectivity index (χ0) is 17.1. The average Bonchev–Trinajstić information content (AvgIpc) is 2.53. The molecular formula is C13H15F3N2O4S. The van der Waals surface area contributed by atoms with Crippen molar-refractivity contribution in [3.8, 4) is 0 Å². The third kappa shape index (κ3) is 4.43. The molecule has 0 atom stereocenters. The van der Waals surface area contributed by atoms with Crippen molar-refractivity contribution >= 4 is 15.9 Å². The molecule has 1 amide bonds. The summed E-state index contributed by atoms with van der Waals surface area (Å²) in [7, 11) is -3.65. The third-order valence-corrected chi connectivity index (χ3v) is 5.15. The van der Waals surface area contributed by atoms with E-state index in [0.717, 1.165) is 0 Å². The minimum atomic E-state index is -4.94. The lowest BCUT2D eigenvalue weighted by Gasteiger charge is -2.26. The Labute approximate surface area is 131 Å². The van der Waals surface area contributed by atoms with Crippen LogP contribution in [-0.4, -0.2) is 51.1 Å². The summed E-state index contributed by atoms with van der Waals surface area (Å²) in [4.78, 5) is 10.8. The van der Waals surface area contributed by atoms with E-state index in [2.05, 4.69) is 0 Å². The Morgan fingerprint density at radius 3 is 2.26 bits per heavy atom. The predicted molar refractivity (Wildman–Crippen MR) is 73.9 cm³/mol. The summed E-state index contributed by atoms with van der Waals surface area (Å²) >= 11 is 0. The van der Waals surface area contributed by atoms with Crippen LogP contribution in [0.1, 0.15) is 5.56 Å².